The van der Waals surface area contributed by atoms with Crippen LogP contribution in [0.4, 0.5) is 0 Å². The molecule has 0 spiro atoms. The Bertz CT molecular complexity index is 1590. The molecule has 1 aromatic heterocycles. The summed E-state index contributed by atoms with van der Waals surface area (Å²) in [6, 6.07) is 21.8. The van der Waals surface area contributed by atoms with E-state index in [2.05, 4.69) is 112 Å². The van der Waals surface area contributed by atoms with Gasteiger partial charge in [0.25, 0.3) is 0 Å². The van der Waals surface area contributed by atoms with Crippen LogP contribution in [0.5, 0.6) is 0 Å². The Hall–Kier alpha value is -2.72. The van der Waals surface area contributed by atoms with Gasteiger partial charge in [0.15, 0.2) is 0 Å². The normalized spacial score (nSPS) is 19.5. The number of aliphatic imine (C=N–C) groups is 1. The van der Waals surface area contributed by atoms with Crippen molar-refractivity contribution < 1.29 is 0 Å². The fourth-order valence-corrected chi connectivity index (χ4v) is 7.01. The summed E-state index contributed by atoms with van der Waals surface area (Å²) in [5.74, 6) is 1.04. The maximum absolute atomic E-state index is 6.42. The van der Waals surface area contributed by atoms with E-state index in [0.717, 1.165) is 28.8 Å². The molecule has 37 heavy (non-hydrogen) atoms. The second-order valence-corrected chi connectivity index (χ2v) is 12.1. The van der Waals surface area contributed by atoms with E-state index in [1.165, 1.54) is 43.5 Å². The predicted octanol–water partition coefficient (Wildman–Crippen LogP) is 10.3. The molecule has 2 heterocycles. The van der Waals surface area contributed by atoms with E-state index in [1.807, 2.05) is 12.4 Å². The Labute approximate surface area is 236 Å². The SMILES string of the molecule is C1=Cc2sccc2CC=N1.CC1Cc2c(ccc3cc(Br)c(Cl)cc23)C2=C1CC(c1ccccc1)C=C2. The number of allylic oxidation sites excluding steroid dienone is 4. The lowest BCUT2D eigenvalue weighted by molar-refractivity contribution is 0.614. The van der Waals surface area contributed by atoms with Crippen molar-refractivity contribution in [1.29, 1.82) is 0 Å². The van der Waals surface area contributed by atoms with E-state index in [9.17, 15) is 0 Å². The third-order valence-electron chi connectivity index (χ3n) is 7.59. The highest BCUT2D eigenvalue weighted by Gasteiger charge is 2.29. The van der Waals surface area contributed by atoms with Gasteiger partial charge in [-0.2, -0.15) is 0 Å². The van der Waals surface area contributed by atoms with Crippen LogP contribution in [0, 0.1) is 5.92 Å². The lowest BCUT2D eigenvalue weighted by atomic mass is 9.71. The van der Waals surface area contributed by atoms with Gasteiger partial charge >= 0.3 is 0 Å². The first kappa shape index (κ1) is 24.6. The smallest absolute Gasteiger partial charge is 0.0554 e. The van der Waals surface area contributed by atoms with E-state index in [0.29, 0.717) is 11.8 Å². The zero-order valence-corrected chi connectivity index (χ0v) is 23.8. The van der Waals surface area contributed by atoms with Crippen molar-refractivity contribution in [3.63, 3.8) is 0 Å². The van der Waals surface area contributed by atoms with Crippen LogP contribution in [0.25, 0.3) is 22.4 Å². The van der Waals surface area contributed by atoms with Gasteiger partial charge in [-0.3, -0.25) is 4.99 Å². The van der Waals surface area contributed by atoms with Crippen LogP contribution in [0.1, 0.15) is 46.4 Å². The first-order valence-electron chi connectivity index (χ1n) is 12.7. The second kappa shape index (κ2) is 10.6. The molecule has 0 N–H and O–H groups in total. The zero-order valence-electron chi connectivity index (χ0n) is 20.6. The monoisotopic (exact) mass is 583 g/mol. The molecule has 0 bridgehead atoms. The molecular formula is C33H27BrClNS. The lowest BCUT2D eigenvalue weighted by Crippen LogP contribution is -2.18. The minimum Gasteiger partial charge on any atom is -0.269 e. The fraction of sp³-hybridized carbons (Fsp3) is 0.182. The summed E-state index contributed by atoms with van der Waals surface area (Å²) in [6.07, 6.45) is 13.8. The van der Waals surface area contributed by atoms with Gasteiger partial charge in [-0.15, -0.1) is 11.3 Å². The molecule has 2 atom stereocenters. The van der Waals surface area contributed by atoms with Gasteiger partial charge < -0.3 is 0 Å². The van der Waals surface area contributed by atoms with Crippen LogP contribution < -0.4 is 0 Å². The van der Waals surface area contributed by atoms with Crippen LogP contribution in [-0.4, -0.2) is 6.21 Å². The van der Waals surface area contributed by atoms with Crippen LogP contribution in [0.3, 0.4) is 0 Å². The van der Waals surface area contributed by atoms with Crippen LogP contribution >= 0.6 is 38.9 Å². The summed E-state index contributed by atoms with van der Waals surface area (Å²) >= 11 is 11.7. The summed E-state index contributed by atoms with van der Waals surface area (Å²) < 4.78 is 0.962. The van der Waals surface area contributed by atoms with Crippen molar-refractivity contribution in [2.45, 2.75) is 32.1 Å². The number of halogens is 2. The number of rotatable bonds is 1. The molecule has 2 unspecified atom stereocenters. The zero-order chi connectivity index (χ0) is 25.4. The molecule has 4 aromatic rings. The molecule has 3 aromatic carbocycles. The van der Waals surface area contributed by atoms with Crippen LogP contribution in [0.15, 0.2) is 99.4 Å². The molecule has 0 radical (unpaired) electrons. The van der Waals surface area contributed by atoms with Gasteiger partial charge in [-0.25, -0.2) is 0 Å². The molecule has 0 saturated carbocycles. The molecule has 3 aliphatic rings. The topological polar surface area (TPSA) is 12.4 Å². The Balaban J connectivity index is 0.000000210. The molecule has 0 amide bonds. The maximum atomic E-state index is 6.42. The van der Waals surface area contributed by atoms with Crippen molar-refractivity contribution in [3.8, 4) is 0 Å². The van der Waals surface area contributed by atoms with Gasteiger partial charge in [0.05, 0.1) is 5.02 Å². The van der Waals surface area contributed by atoms with Crippen molar-refractivity contribution in [3.05, 3.63) is 127 Å². The first-order chi connectivity index (χ1) is 18.1. The summed E-state index contributed by atoms with van der Waals surface area (Å²) in [6.45, 7) is 2.37. The summed E-state index contributed by atoms with van der Waals surface area (Å²) in [5.41, 5.74) is 8.65. The minimum atomic E-state index is 0.486. The highest BCUT2D eigenvalue weighted by molar-refractivity contribution is 9.10. The molecular weight excluding hydrogens is 558 g/mol. The van der Waals surface area contributed by atoms with Crippen molar-refractivity contribution in [2.24, 2.45) is 10.9 Å². The highest BCUT2D eigenvalue weighted by atomic mass is 79.9. The minimum absolute atomic E-state index is 0.486. The number of benzene rings is 3. The maximum Gasteiger partial charge on any atom is 0.0554 e. The van der Waals surface area contributed by atoms with E-state index in [1.54, 1.807) is 16.9 Å². The summed E-state index contributed by atoms with van der Waals surface area (Å²) in [4.78, 5) is 5.40. The fourth-order valence-electron chi connectivity index (χ4n) is 5.66. The third-order valence-corrected chi connectivity index (χ3v) is 9.71. The quantitative estimate of drug-likeness (QED) is 0.211. The Morgan fingerprint density at radius 1 is 1.00 bits per heavy atom. The average molecular weight is 585 g/mol. The van der Waals surface area contributed by atoms with E-state index in [4.69, 9.17) is 11.6 Å². The lowest BCUT2D eigenvalue weighted by Gasteiger charge is -2.33. The van der Waals surface area contributed by atoms with Crippen LogP contribution in [0.2, 0.25) is 5.02 Å². The number of nitrogens with zero attached hydrogens (tertiary/aromatic N) is 1. The second-order valence-electron chi connectivity index (χ2n) is 9.87. The van der Waals surface area contributed by atoms with E-state index < -0.39 is 0 Å². The van der Waals surface area contributed by atoms with Gasteiger partial charge in [-0.1, -0.05) is 78.7 Å². The van der Waals surface area contributed by atoms with Gasteiger partial charge in [0, 0.05) is 34.1 Å². The molecule has 7 rings (SSSR count). The molecule has 1 aliphatic heterocycles. The highest BCUT2D eigenvalue weighted by Crippen LogP contribution is 2.46. The molecule has 4 heteroatoms. The molecule has 1 nitrogen and oxygen atoms in total. The number of fused-ring (bicyclic) bond motifs is 5. The van der Waals surface area contributed by atoms with Gasteiger partial charge in [0.1, 0.15) is 0 Å². The molecule has 0 fully saturated rings. The Kier molecular flexibility index (Phi) is 7.03. The van der Waals surface area contributed by atoms with E-state index in [-0.39, 0.29) is 0 Å². The largest absolute Gasteiger partial charge is 0.269 e. The van der Waals surface area contributed by atoms with Gasteiger partial charge in [-0.05, 0) is 103 Å². The van der Waals surface area contributed by atoms with Crippen LogP contribution in [-0.2, 0) is 12.8 Å². The predicted molar refractivity (Wildman–Crippen MR) is 165 cm³/mol. The summed E-state index contributed by atoms with van der Waals surface area (Å²) in [7, 11) is 0. The molecule has 184 valence electrons. The van der Waals surface area contributed by atoms with Crippen molar-refractivity contribution in [2.75, 3.05) is 0 Å². The first-order valence-corrected chi connectivity index (χ1v) is 14.8. The standard InChI is InChI=1S/C25H20BrCl.C8H7NS/c1-15-11-23-20(10-8-18-13-24(26)25(27)14-22(18)23)19-9-7-17(12-21(15)19)16-5-3-2-4-6-16;1-4-9-5-2-8-7(1)3-6-10-8/h2-10,13-15,17H,11-12H2,1H3;2-6H,1H2. The summed E-state index contributed by atoms with van der Waals surface area (Å²) in [5, 5.41) is 5.45. The van der Waals surface area contributed by atoms with Gasteiger partial charge in [0.2, 0.25) is 0 Å². The Morgan fingerprint density at radius 3 is 2.73 bits per heavy atom. The number of hydrogen-bond acceptors (Lipinski definition) is 2. The average Bonchev–Trinajstić information content (AvgIpc) is 3.25. The molecule has 2 aliphatic carbocycles. The molecule has 0 saturated heterocycles. The number of thiophene rings is 1. The third kappa shape index (κ3) is 4.93. The Morgan fingerprint density at radius 2 is 1.86 bits per heavy atom. The number of hydrogen-bond donors (Lipinski definition) is 0. The van der Waals surface area contributed by atoms with Crippen molar-refractivity contribution in [1.82, 2.24) is 0 Å². The van der Waals surface area contributed by atoms with Crippen molar-refractivity contribution >= 4 is 67.5 Å². The van der Waals surface area contributed by atoms with E-state index >= 15 is 0 Å².